The molecule has 1 amide bonds. The zero-order valence-electron chi connectivity index (χ0n) is 20.4. The third-order valence-electron chi connectivity index (χ3n) is 5.41. The second kappa shape index (κ2) is 18.0. The van der Waals surface area contributed by atoms with Crippen molar-refractivity contribution in [3.8, 4) is 5.75 Å². The maximum atomic E-state index is 14.6. The van der Waals surface area contributed by atoms with E-state index >= 15 is 0 Å². The molecule has 1 N–H and O–H groups in total. The Labute approximate surface area is 199 Å². The Morgan fingerprint density at radius 1 is 1.12 bits per heavy atom. The summed E-state index contributed by atoms with van der Waals surface area (Å²) < 4.78 is 20.1. The van der Waals surface area contributed by atoms with Crippen LogP contribution in [0.2, 0.25) is 0 Å². The number of likely N-dealkylation sites (N-methyl/N-ethyl adjacent to an activating group) is 1. The molecule has 0 heterocycles. The molecule has 0 aromatic heterocycles. The first-order valence-corrected chi connectivity index (χ1v) is 12.0. The highest BCUT2D eigenvalue weighted by atomic mass is 19.1. The molecule has 0 aliphatic rings. The van der Waals surface area contributed by atoms with Gasteiger partial charge >= 0.3 is 0 Å². The third kappa shape index (κ3) is 13.6. The normalized spacial score (nSPS) is 12.1. The smallest absolute Gasteiger partial charge is 0.217 e. The van der Waals surface area contributed by atoms with Crippen LogP contribution in [0.5, 0.6) is 5.75 Å². The van der Waals surface area contributed by atoms with Crippen LogP contribution in [0.3, 0.4) is 0 Å². The van der Waals surface area contributed by atoms with Crippen molar-refractivity contribution in [2.45, 2.75) is 70.8 Å². The first kappa shape index (κ1) is 28.6. The minimum atomic E-state index is -0.421. The van der Waals surface area contributed by atoms with Gasteiger partial charge in [0.15, 0.2) is 11.6 Å². The molecule has 6 heteroatoms. The summed E-state index contributed by atoms with van der Waals surface area (Å²) in [7, 11) is 1.99. The zero-order valence-corrected chi connectivity index (χ0v) is 20.4. The molecular formula is C27H41FN2O3. The van der Waals surface area contributed by atoms with Crippen molar-refractivity contribution in [1.29, 1.82) is 0 Å². The van der Waals surface area contributed by atoms with Crippen LogP contribution in [0.4, 0.5) is 4.39 Å². The highest BCUT2D eigenvalue weighted by Gasteiger charge is 2.15. The number of hydrogen-bond donors (Lipinski definition) is 1. The number of aldehydes is 1. The quantitative estimate of drug-likeness (QED) is 0.162. The number of halogens is 1. The van der Waals surface area contributed by atoms with Gasteiger partial charge in [-0.15, -0.1) is 6.58 Å². The van der Waals surface area contributed by atoms with E-state index in [2.05, 4.69) is 16.8 Å². The van der Waals surface area contributed by atoms with E-state index in [0.717, 1.165) is 76.3 Å². The maximum absolute atomic E-state index is 14.6. The van der Waals surface area contributed by atoms with Crippen molar-refractivity contribution >= 4 is 12.2 Å². The number of unbranched alkanes of at least 4 members (excludes halogenated alkanes) is 7. The topological polar surface area (TPSA) is 58.6 Å². The molecule has 5 nitrogen and oxygen atoms in total. The van der Waals surface area contributed by atoms with Gasteiger partial charge in [0.25, 0.3) is 0 Å². The first-order chi connectivity index (χ1) is 16.0. The third-order valence-corrected chi connectivity index (χ3v) is 5.41. The largest absolute Gasteiger partial charge is 0.486 e. The molecule has 0 aliphatic carbocycles. The van der Waals surface area contributed by atoms with Crippen LogP contribution in [0.1, 0.15) is 76.3 Å². The SMILES string of the molecule is C=CCN(C)C/C=C/COc1ccc(C(CCCCCCCCCC=O)NC(C)=O)cc1F. The second-order valence-electron chi connectivity index (χ2n) is 8.45. The standard InChI is InChI=1S/C27H41FN2O3/c1-4-18-30(3)19-12-14-21-33-27-17-16-24(22-25(27)28)26(29-23(2)32)15-11-9-7-5-6-8-10-13-20-31/h4,12,14,16-17,20,22,26H,1,5-11,13,15,18-19,21H2,2-3H3,(H,29,32)/b14-12+. The summed E-state index contributed by atoms with van der Waals surface area (Å²) in [4.78, 5) is 24.1. The van der Waals surface area contributed by atoms with E-state index in [-0.39, 0.29) is 17.7 Å². The second-order valence-corrected chi connectivity index (χ2v) is 8.45. The van der Waals surface area contributed by atoms with Gasteiger partial charge in [-0.2, -0.15) is 0 Å². The molecular weight excluding hydrogens is 419 g/mol. The Kier molecular flexibility index (Phi) is 15.6. The molecule has 1 aromatic carbocycles. The Hall–Kier alpha value is -2.47. The number of ether oxygens (including phenoxy) is 1. The number of nitrogens with zero attached hydrogens (tertiary/aromatic N) is 1. The van der Waals surface area contributed by atoms with E-state index in [1.54, 1.807) is 6.07 Å². The van der Waals surface area contributed by atoms with E-state index < -0.39 is 5.82 Å². The lowest BCUT2D eigenvalue weighted by molar-refractivity contribution is -0.119. The molecule has 0 aliphatic heterocycles. The lowest BCUT2D eigenvalue weighted by atomic mass is 9.99. The van der Waals surface area contributed by atoms with E-state index in [4.69, 9.17) is 4.74 Å². The molecule has 1 rings (SSSR count). The predicted octanol–water partition coefficient (Wildman–Crippen LogP) is 5.77. The van der Waals surface area contributed by atoms with E-state index in [0.29, 0.717) is 13.0 Å². The van der Waals surface area contributed by atoms with Crippen molar-refractivity contribution in [2.75, 3.05) is 26.7 Å². The molecule has 1 atom stereocenters. The molecule has 0 fully saturated rings. The highest BCUT2D eigenvalue weighted by Crippen LogP contribution is 2.26. The molecule has 1 unspecified atom stereocenters. The van der Waals surface area contributed by atoms with Crippen molar-refractivity contribution < 1.29 is 18.7 Å². The Balaban J connectivity index is 2.48. The minimum absolute atomic E-state index is 0.123. The summed E-state index contributed by atoms with van der Waals surface area (Å²) >= 11 is 0. The lowest BCUT2D eigenvalue weighted by Gasteiger charge is -2.19. The highest BCUT2D eigenvalue weighted by molar-refractivity contribution is 5.73. The summed E-state index contributed by atoms with van der Waals surface area (Å²) in [5.74, 6) is -0.336. The number of carbonyl (C=O) groups is 2. The van der Waals surface area contributed by atoms with Gasteiger partial charge in [0.1, 0.15) is 12.9 Å². The average Bonchev–Trinajstić information content (AvgIpc) is 2.77. The summed E-state index contributed by atoms with van der Waals surface area (Å²) in [6.07, 6.45) is 15.6. The first-order valence-electron chi connectivity index (χ1n) is 12.0. The van der Waals surface area contributed by atoms with Gasteiger partial charge in [0, 0.05) is 26.4 Å². The van der Waals surface area contributed by atoms with Gasteiger partial charge in [-0.05, 0) is 37.6 Å². The van der Waals surface area contributed by atoms with Crippen molar-refractivity contribution in [3.05, 3.63) is 54.4 Å². The van der Waals surface area contributed by atoms with Gasteiger partial charge < -0.3 is 14.8 Å². The molecule has 184 valence electrons. The molecule has 0 spiro atoms. The van der Waals surface area contributed by atoms with Crippen LogP contribution >= 0.6 is 0 Å². The average molecular weight is 461 g/mol. The van der Waals surface area contributed by atoms with Gasteiger partial charge in [-0.25, -0.2) is 4.39 Å². The van der Waals surface area contributed by atoms with Crippen LogP contribution in [0.15, 0.2) is 43.0 Å². The summed E-state index contributed by atoms with van der Waals surface area (Å²) in [6.45, 7) is 7.06. The zero-order chi connectivity index (χ0) is 24.3. The monoisotopic (exact) mass is 460 g/mol. The lowest BCUT2D eigenvalue weighted by Crippen LogP contribution is -2.26. The number of hydrogen-bond acceptors (Lipinski definition) is 4. The molecule has 1 aromatic rings. The van der Waals surface area contributed by atoms with Crippen LogP contribution in [-0.4, -0.2) is 43.8 Å². The minimum Gasteiger partial charge on any atom is -0.486 e. The van der Waals surface area contributed by atoms with Crippen molar-refractivity contribution in [3.63, 3.8) is 0 Å². The Morgan fingerprint density at radius 2 is 1.82 bits per heavy atom. The number of benzene rings is 1. The number of rotatable bonds is 19. The molecule has 0 radical (unpaired) electrons. The van der Waals surface area contributed by atoms with Crippen molar-refractivity contribution in [1.82, 2.24) is 10.2 Å². The maximum Gasteiger partial charge on any atom is 0.217 e. The Morgan fingerprint density at radius 3 is 2.45 bits per heavy atom. The van der Waals surface area contributed by atoms with E-state index in [9.17, 15) is 14.0 Å². The van der Waals surface area contributed by atoms with Crippen LogP contribution in [0, 0.1) is 5.82 Å². The van der Waals surface area contributed by atoms with Gasteiger partial charge in [0.05, 0.1) is 6.04 Å². The summed E-state index contributed by atoms with van der Waals surface area (Å²) in [5.41, 5.74) is 0.755. The van der Waals surface area contributed by atoms with Crippen LogP contribution in [-0.2, 0) is 9.59 Å². The summed E-state index contributed by atoms with van der Waals surface area (Å²) in [6, 6.07) is 4.72. The fourth-order valence-electron chi connectivity index (χ4n) is 3.63. The Bertz CT molecular complexity index is 736. The van der Waals surface area contributed by atoms with Crippen molar-refractivity contribution in [2.24, 2.45) is 0 Å². The summed E-state index contributed by atoms with van der Waals surface area (Å²) in [5, 5.41) is 2.95. The number of amides is 1. The van der Waals surface area contributed by atoms with Crippen LogP contribution in [0.25, 0.3) is 0 Å². The fourth-order valence-corrected chi connectivity index (χ4v) is 3.63. The molecule has 0 saturated heterocycles. The van der Waals surface area contributed by atoms with E-state index in [1.165, 1.54) is 13.0 Å². The molecule has 0 saturated carbocycles. The number of carbonyl (C=O) groups excluding carboxylic acids is 2. The van der Waals surface area contributed by atoms with Gasteiger partial charge in [0.2, 0.25) is 5.91 Å². The number of nitrogens with one attached hydrogen (secondary N) is 1. The van der Waals surface area contributed by atoms with Gasteiger partial charge in [-0.1, -0.05) is 62.8 Å². The van der Waals surface area contributed by atoms with Crippen LogP contribution < -0.4 is 10.1 Å². The molecule has 33 heavy (non-hydrogen) atoms. The van der Waals surface area contributed by atoms with E-state index in [1.807, 2.05) is 31.3 Å². The molecule has 0 bridgehead atoms. The predicted molar refractivity (Wildman–Crippen MR) is 133 cm³/mol. The van der Waals surface area contributed by atoms with Gasteiger partial charge in [-0.3, -0.25) is 9.69 Å². The fraction of sp³-hybridized carbons (Fsp3) is 0.556.